The lowest BCUT2D eigenvalue weighted by atomic mass is 10.0. The van der Waals surface area contributed by atoms with Crippen LogP contribution >= 0.6 is 0 Å². The number of ether oxygens (including phenoxy) is 1. The third-order valence-electron chi connectivity index (χ3n) is 12.5. The van der Waals surface area contributed by atoms with E-state index in [1.54, 1.807) is 0 Å². The molecular formula is C55H105NO5. The number of nitrogens with one attached hydrogen (secondary N) is 1. The van der Waals surface area contributed by atoms with E-state index in [2.05, 4.69) is 50.4 Å². The number of unbranched alkanes of at least 4 members (excludes halogenated alkanes) is 33. The Bertz CT molecular complexity index is 966. The van der Waals surface area contributed by atoms with Crippen molar-refractivity contribution in [1.82, 2.24) is 5.32 Å². The summed E-state index contributed by atoms with van der Waals surface area (Å²) in [5.74, 6) is -0.486. The van der Waals surface area contributed by atoms with E-state index >= 15 is 0 Å². The predicted octanol–water partition coefficient (Wildman–Crippen LogP) is 16.3. The molecule has 0 aliphatic carbocycles. The molecule has 0 rings (SSSR count). The molecule has 0 aromatic carbocycles. The maximum absolute atomic E-state index is 13.2. The molecule has 61 heavy (non-hydrogen) atoms. The summed E-state index contributed by atoms with van der Waals surface area (Å²) in [5.41, 5.74) is 0. The van der Waals surface area contributed by atoms with Crippen LogP contribution in [-0.4, -0.2) is 46.9 Å². The Labute approximate surface area is 380 Å². The summed E-state index contributed by atoms with van der Waals surface area (Å²) in [7, 11) is 0. The van der Waals surface area contributed by atoms with Crippen molar-refractivity contribution in [2.45, 2.75) is 309 Å². The molecule has 3 atom stereocenters. The molecule has 0 saturated carbocycles. The molecule has 0 aromatic rings. The minimum atomic E-state index is -0.789. The summed E-state index contributed by atoms with van der Waals surface area (Å²) >= 11 is 0. The van der Waals surface area contributed by atoms with Gasteiger partial charge in [0.05, 0.1) is 25.2 Å². The van der Waals surface area contributed by atoms with E-state index in [0.717, 1.165) is 70.6 Å². The number of aliphatic hydroxyl groups is 2. The Kier molecular flexibility index (Phi) is 48.0. The summed E-state index contributed by atoms with van der Waals surface area (Å²) in [6.45, 7) is 6.48. The van der Waals surface area contributed by atoms with Crippen molar-refractivity contribution < 1.29 is 24.5 Å². The maximum atomic E-state index is 13.2. The fraction of sp³-hybridized carbons (Fsp3) is 0.891. The summed E-state index contributed by atoms with van der Waals surface area (Å²) < 4.78 is 5.94. The third-order valence-corrected chi connectivity index (χ3v) is 12.5. The van der Waals surface area contributed by atoms with Crippen molar-refractivity contribution in [2.24, 2.45) is 0 Å². The third kappa shape index (κ3) is 44.7. The minimum absolute atomic E-state index is 0.0678. The average Bonchev–Trinajstić information content (AvgIpc) is 3.25. The number of hydrogen-bond acceptors (Lipinski definition) is 5. The Morgan fingerprint density at radius 2 is 0.787 bits per heavy atom. The fourth-order valence-electron chi connectivity index (χ4n) is 8.36. The summed E-state index contributed by atoms with van der Waals surface area (Å²) in [6.07, 6.45) is 56.7. The number of allylic oxidation sites excluding steroid dienone is 4. The highest BCUT2D eigenvalue weighted by Gasteiger charge is 2.24. The molecule has 6 nitrogen and oxygen atoms in total. The number of hydrogen-bond donors (Lipinski definition) is 3. The second-order valence-corrected chi connectivity index (χ2v) is 18.6. The molecule has 0 saturated heterocycles. The van der Waals surface area contributed by atoms with Crippen molar-refractivity contribution in [3.05, 3.63) is 24.3 Å². The zero-order valence-electron chi connectivity index (χ0n) is 41.1. The Morgan fingerprint density at radius 3 is 1.18 bits per heavy atom. The number of amides is 1. The van der Waals surface area contributed by atoms with Crippen molar-refractivity contribution in [3.8, 4) is 0 Å². The minimum Gasteiger partial charge on any atom is -0.462 e. The van der Waals surface area contributed by atoms with Crippen molar-refractivity contribution >= 4 is 11.9 Å². The van der Waals surface area contributed by atoms with Crippen LogP contribution in [-0.2, 0) is 14.3 Å². The van der Waals surface area contributed by atoms with Gasteiger partial charge in [0.2, 0.25) is 5.91 Å². The van der Waals surface area contributed by atoms with Gasteiger partial charge < -0.3 is 20.3 Å². The molecule has 1 amide bonds. The number of esters is 1. The molecule has 3 unspecified atom stereocenters. The van der Waals surface area contributed by atoms with Crippen LogP contribution in [0.5, 0.6) is 0 Å². The van der Waals surface area contributed by atoms with Gasteiger partial charge in [0.25, 0.3) is 0 Å². The maximum Gasteiger partial charge on any atom is 0.306 e. The first-order chi connectivity index (χ1) is 30.0. The Hall–Kier alpha value is -1.66. The zero-order chi connectivity index (χ0) is 44.5. The number of rotatable bonds is 49. The molecule has 0 bridgehead atoms. The lowest BCUT2D eigenvalue weighted by Crippen LogP contribution is -2.46. The molecule has 0 heterocycles. The summed E-state index contributed by atoms with van der Waals surface area (Å²) in [6, 6.07) is -0.703. The quantitative estimate of drug-likeness (QED) is 0.0322. The summed E-state index contributed by atoms with van der Waals surface area (Å²) in [4.78, 5) is 26.2. The largest absolute Gasteiger partial charge is 0.462 e. The predicted molar refractivity (Wildman–Crippen MR) is 264 cm³/mol. The highest BCUT2D eigenvalue weighted by molar-refractivity contribution is 5.77. The van der Waals surface area contributed by atoms with E-state index in [1.165, 1.54) is 173 Å². The lowest BCUT2D eigenvalue weighted by Gasteiger charge is -2.24. The van der Waals surface area contributed by atoms with Crippen LogP contribution in [0, 0.1) is 0 Å². The first-order valence-electron chi connectivity index (χ1n) is 27.1. The summed E-state index contributed by atoms with van der Waals surface area (Å²) in [5, 5.41) is 23.7. The molecule has 0 radical (unpaired) electrons. The number of carbonyl (C=O) groups excluding carboxylic acids is 2. The van der Waals surface area contributed by atoms with E-state index in [-0.39, 0.29) is 24.9 Å². The van der Waals surface area contributed by atoms with Crippen LogP contribution in [0.3, 0.4) is 0 Å². The van der Waals surface area contributed by atoms with Crippen LogP contribution in [0.2, 0.25) is 0 Å². The van der Waals surface area contributed by atoms with Crippen LogP contribution in [0.25, 0.3) is 0 Å². The second kappa shape index (κ2) is 49.4. The van der Waals surface area contributed by atoms with Gasteiger partial charge in [0.1, 0.15) is 6.10 Å². The standard InChI is InChI=1S/C55H105NO5/c1-4-7-10-13-16-19-22-24-26-28-30-32-34-37-40-43-46-51(49-54(59)56-52(50-57)53(58)47-44-41-38-35-21-18-15-12-9-6-3)61-55(60)48-45-42-39-36-33-31-29-27-25-23-20-17-14-11-8-5-2/h27,29-30,32,51-53,57-58H,4-26,28,31,33-50H2,1-3H3,(H,56,59)/b29-27+,32-30+. The van der Waals surface area contributed by atoms with Crippen LogP contribution < -0.4 is 5.32 Å². The van der Waals surface area contributed by atoms with Crippen LogP contribution in [0.1, 0.15) is 290 Å². The van der Waals surface area contributed by atoms with Gasteiger partial charge in [-0.05, 0) is 77.0 Å². The molecular weight excluding hydrogens is 755 g/mol. The SMILES string of the molecule is CCCCCCCCC/C=C/CCCCCCCC(=O)OC(CCCCC/C=C/CCCCCCCCCCC)CC(=O)NC(CO)C(O)CCCCCCCCCCCC. The van der Waals surface area contributed by atoms with Gasteiger partial charge in [-0.1, -0.05) is 225 Å². The Morgan fingerprint density at radius 1 is 0.459 bits per heavy atom. The van der Waals surface area contributed by atoms with E-state index in [9.17, 15) is 19.8 Å². The van der Waals surface area contributed by atoms with Crippen LogP contribution in [0.15, 0.2) is 24.3 Å². The van der Waals surface area contributed by atoms with Crippen molar-refractivity contribution in [3.63, 3.8) is 0 Å². The lowest BCUT2D eigenvalue weighted by molar-refractivity contribution is -0.151. The van der Waals surface area contributed by atoms with Crippen molar-refractivity contribution in [1.29, 1.82) is 0 Å². The monoisotopic (exact) mass is 860 g/mol. The van der Waals surface area contributed by atoms with Gasteiger partial charge >= 0.3 is 5.97 Å². The molecule has 3 N–H and O–H groups in total. The molecule has 360 valence electrons. The highest BCUT2D eigenvalue weighted by Crippen LogP contribution is 2.18. The van der Waals surface area contributed by atoms with E-state index in [1.807, 2.05) is 0 Å². The molecule has 0 aliphatic rings. The number of aliphatic hydroxyl groups excluding tert-OH is 2. The van der Waals surface area contributed by atoms with Gasteiger partial charge in [-0.25, -0.2) is 0 Å². The molecule has 6 heteroatoms. The Balaban J connectivity index is 4.58. The molecule has 0 aliphatic heterocycles. The fourth-order valence-corrected chi connectivity index (χ4v) is 8.36. The number of carbonyl (C=O) groups is 2. The average molecular weight is 860 g/mol. The van der Waals surface area contributed by atoms with Gasteiger partial charge in [-0.15, -0.1) is 0 Å². The zero-order valence-corrected chi connectivity index (χ0v) is 41.1. The van der Waals surface area contributed by atoms with Gasteiger partial charge in [0.15, 0.2) is 0 Å². The first kappa shape index (κ1) is 59.3. The van der Waals surface area contributed by atoms with Gasteiger partial charge in [-0.3, -0.25) is 9.59 Å². The molecule has 0 spiro atoms. The van der Waals surface area contributed by atoms with E-state index < -0.39 is 18.2 Å². The van der Waals surface area contributed by atoms with E-state index in [0.29, 0.717) is 19.3 Å². The van der Waals surface area contributed by atoms with E-state index in [4.69, 9.17) is 4.74 Å². The van der Waals surface area contributed by atoms with Crippen LogP contribution in [0.4, 0.5) is 0 Å². The highest BCUT2D eigenvalue weighted by atomic mass is 16.5. The second-order valence-electron chi connectivity index (χ2n) is 18.6. The molecule has 0 aromatic heterocycles. The first-order valence-corrected chi connectivity index (χ1v) is 27.1. The topological polar surface area (TPSA) is 95.9 Å². The molecule has 0 fully saturated rings. The smallest absolute Gasteiger partial charge is 0.306 e. The normalized spacial score (nSPS) is 13.3. The van der Waals surface area contributed by atoms with Gasteiger partial charge in [0, 0.05) is 6.42 Å². The van der Waals surface area contributed by atoms with Gasteiger partial charge in [-0.2, -0.15) is 0 Å². The van der Waals surface area contributed by atoms with Crippen molar-refractivity contribution in [2.75, 3.05) is 6.61 Å².